The smallest absolute Gasteiger partial charge is 0.149 e. The molecule has 96 valence electrons. The Balaban J connectivity index is 0.00000133. The maximum Gasteiger partial charge on any atom is 0.149 e. The monoisotopic (exact) mass is 253 g/mol. The number of aromatic nitrogens is 2. The predicted octanol–water partition coefficient (Wildman–Crippen LogP) is 2.86. The van der Waals surface area contributed by atoms with Gasteiger partial charge in [-0.25, -0.2) is 4.98 Å². The summed E-state index contributed by atoms with van der Waals surface area (Å²) in [7, 11) is 0. The Kier molecular flexibility index (Phi) is 3.73. The third kappa shape index (κ3) is 2.86. The van der Waals surface area contributed by atoms with Crippen molar-refractivity contribution in [3.05, 3.63) is 60.3 Å². The molecule has 0 radical (unpaired) electrons. The molecular weight excluding hydrogens is 238 g/mol. The summed E-state index contributed by atoms with van der Waals surface area (Å²) in [5.41, 5.74) is 4.05. The summed E-state index contributed by atoms with van der Waals surface area (Å²) in [6, 6.07) is 16.0. The van der Waals surface area contributed by atoms with Crippen molar-refractivity contribution >= 4 is 22.5 Å². The lowest BCUT2D eigenvalue weighted by molar-refractivity contribution is 0.824. The molecule has 1 aromatic heterocycles. The summed E-state index contributed by atoms with van der Waals surface area (Å²) in [5.74, 6) is 0.763. The first-order valence-corrected chi connectivity index (χ1v) is 5.87. The van der Waals surface area contributed by atoms with E-state index >= 15 is 0 Å². The molecule has 3 aromatic rings. The molecule has 3 N–H and O–H groups in total. The Morgan fingerprint density at radius 3 is 2.53 bits per heavy atom. The molecule has 0 aliphatic heterocycles. The first-order valence-electron chi connectivity index (χ1n) is 5.87. The van der Waals surface area contributed by atoms with Crippen LogP contribution in [0.4, 0.5) is 11.5 Å². The van der Waals surface area contributed by atoms with E-state index in [9.17, 15) is 0 Å². The van der Waals surface area contributed by atoms with Crippen LogP contribution >= 0.6 is 0 Å². The van der Waals surface area contributed by atoms with Crippen LogP contribution in [0.2, 0.25) is 0 Å². The normalized spacial score (nSPS) is 9.95. The maximum absolute atomic E-state index is 4.53. The number of hydrogen-bond acceptors (Lipinski definition) is 3. The van der Waals surface area contributed by atoms with Crippen LogP contribution in [0.25, 0.3) is 11.0 Å². The van der Waals surface area contributed by atoms with Crippen molar-refractivity contribution in [1.29, 1.82) is 0 Å². The Morgan fingerprint density at radius 2 is 1.74 bits per heavy atom. The van der Waals surface area contributed by atoms with E-state index in [2.05, 4.69) is 34.3 Å². The van der Waals surface area contributed by atoms with Crippen LogP contribution < -0.4 is 5.32 Å². The van der Waals surface area contributed by atoms with E-state index in [4.69, 9.17) is 0 Å². The van der Waals surface area contributed by atoms with Gasteiger partial charge in [-0.1, -0.05) is 24.3 Å². The average Bonchev–Trinajstić information content (AvgIpc) is 2.39. The first-order chi connectivity index (χ1) is 8.81. The van der Waals surface area contributed by atoms with Crippen LogP contribution in [0.1, 0.15) is 5.56 Å². The summed E-state index contributed by atoms with van der Waals surface area (Å²) in [6.45, 7) is 2.07. The molecule has 0 aliphatic carbocycles. The third-order valence-corrected chi connectivity index (χ3v) is 2.74. The lowest BCUT2D eigenvalue weighted by atomic mass is 10.2. The number of hydrogen-bond donors (Lipinski definition) is 1. The zero-order valence-electron chi connectivity index (χ0n) is 10.6. The summed E-state index contributed by atoms with van der Waals surface area (Å²) in [6.07, 6.45) is 1.75. The summed E-state index contributed by atoms with van der Waals surface area (Å²) in [5, 5.41) is 3.26. The largest absolute Gasteiger partial charge is 0.412 e. The number of fused-ring (bicyclic) bond motifs is 1. The Hall–Kier alpha value is -2.46. The van der Waals surface area contributed by atoms with E-state index in [1.165, 1.54) is 5.56 Å². The van der Waals surface area contributed by atoms with E-state index in [0.717, 1.165) is 22.5 Å². The fourth-order valence-electron chi connectivity index (χ4n) is 1.89. The van der Waals surface area contributed by atoms with Crippen LogP contribution in [-0.4, -0.2) is 15.4 Å². The van der Waals surface area contributed by atoms with Crippen molar-refractivity contribution in [2.75, 3.05) is 5.32 Å². The average molecular weight is 253 g/mol. The second kappa shape index (κ2) is 5.46. The molecule has 3 rings (SSSR count). The molecule has 2 aromatic carbocycles. The molecule has 0 unspecified atom stereocenters. The molecule has 0 saturated carbocycles. The lowest BCUT2D eigenvalue weighted by Crippen LogP contribution is -1.95. The number of aryl methyl sites for hydroxylation is 1. The van der Waals surface area contributed by atoms with Gasteiger partial charge in [-0.15, -0.1) is 0 Å². The maximum atomic E-state index is 4.53. The van der Waals surface area contributed by atoms with Crippen molar-refractivity contribution in [3.63, 3.8) is 0 Å². The standard InChI is InChI=1S/C15H13N3.H2O/c1-11-5-4-6-12(9-11)17-15-10-16-13-7-2-3-8-14(13)18-15;/h2-10H,1H3,(H,17,18);1H2. The second-order valence-electron chi connectivity index (χ2n) is 4.24. The van der Waals surface area contributed by atoms with Crippen LogP contribution in [0.15, 0.2) is 54.7 Å². The summed E-state index contributed by atoms with van der Waals surface area (Å²) < 4.78 is 0. The fourth-order valence-corrected chi connectivity index (χ4v) is 1.89. The highest BCUT2D eigenvalue weighted by molar-refractivity contribution is 5.76. The molecule has 4 heteroatoms. The highest BCUT2D eigenvalue weighted by Gasteiger charge is 1.99. The van der Waals surface area contributed by atoms with Gasteiger partial charge < -0.3 is 10.8 Å². The Morgan fingerprint density at radius 1 is 0.947 bits per heavy atom. The molecule has 0 spiro atoms. The van der Waals surface area contributed by atoms with Gasteiger partial charge in [-0.05, 0) is 36.8 Å². The van der Waals surface area contributed by atoms with Crippen LogP contribution in [0.3, 0.4) is 0 Å². The Bertz CT molecular complexity index is 698. The van der Waals surface area contributed by atoms with Crippen molar-refractivity contribution in [3.8, 4) is 0 Å². The van der Waals surface area contributed by atoms with E-state index in [1.807, 2.05) is 36.4 Å². The van der Waals surface area contributed by atoms with Crippen molar-refractivity contribution in [1.82, 2.24) is 9.97 Å². The quantitative estimate of drug-likeness (QED) is 0.763. The minimum Gasteiger partial charge on any atom is -0.412 e. The fraction of sp³-hybridized carbons (Fsp3) is 0.0667. The highest BCUT2D eigenvalue weighted by atomic mass is 16.0. The third-order valence-electron chi connectivity index (χ3n) is 2.74. The topological polar surface area (TPSA) is 69.3 Å². The number of para-hydroxylation sites is 2. The molecule has 4 nitrogen and oxygen atoms in total. The summed E-state index contributed by atoms with van der Waals surface area (Å²) in [4.78, 5) is 8.90. The number of rotatable bonds is 2. The van der Waals surface area contributed by atoms with Gasteiger partial charge >= 0.3 is 0 Å². The molecule has 0 saturated heterocycles. The van der Waals surface area contributed by atoms with Gasteiger partial charge in [0.05, 0.1) is 17.2 Å². The highest BCUT2D eigenvalue weighted by Crippen LogP contribution is 2.17. The molecule has 0 bridgehead atoms. The number of anilines is 2. The van der Waals surface area contributed by atoms with Crippen LogP contribution in [0, 0.1) is 6.92 Å². The van der Waals surface area contributed by atoms with E-state index in [-0.39, 0.29) is 5.48 Å². The lowest BCUT2D eigenvalue weighted by Gasteiger charge is -2.06. The van der Waals surface area contributed by atoms with Gasteiger partial charge in [-0.3, -0.25) is 4.98 Å². The van der Waals surface area contributed by atoms with E-state index < -0.39 is 0 Å². The van der Waals surface area contributed by atoms with Gasteiger partial charge in [0.25, 0.3) is 0 Å². The predicted molar refractivity (Wildman–Crippen MR) is 77.6 cm³/mol. The summed E-state index contributed by atoms with van der Waals surface area (Å²) >= 11 is 0. The molecular formula is C15H15N3O. The van der Waals surface area contributed by atoms with E-state index in [0.29, 0.717) is 0 Å². The SMILES string of the molecule is Cc1cccc(Nc2cnc3ccccc3n2)c1.O. The van der Waals surface area contributed by atoms with Crippen LogP contribution in [-0.2, 0) is 0 Å². The minimum absolute atomic E-state index is 0. The van der Waals surface area contributed by atoms with E-state index in [1.54, 1.807) is 6.20 Å². The van der Waals surface area contributed by atoms with Gasteiger partial charge in [0.2, 0.25) is 0 Å². The zero-order valence-corrected chi connectivity index (χ0v) is 10.6. The molecule has 0 aliphatic rings. The number of nitrogens with one attached hydrogen (secondary N) is 1. The molecule has 1 heterocycles. The van der Waals surface area contributed by atoms with Gasteiger partial charge in [-0.2, -0.15) is 0 Å². The molecule has 0 atom stereocenters. The van der Waals surface area contributed by atoms with Crippen LogP contribution in [0.5, 0.6) is 0 Å². The second-order valence-corrected chi connectivity index (χ2v) is 4.24. The van der Waals surface area contributed by atoms with Crippen molar-refractivity contribution in [2.24, 2.45) is 0 Å². The van der Waals surface area contributed by atoms with Gasteiger partial charge in [0.1, 0.15) is 5.82 Å². The van der Waals surface area contributed by atoms with Gasteiger partial charge in [0.15, 0.2) is 0 Å². The molecule has 0 amide bonds. The van der Waals surface area contributed by atoms with Crippen molar-refractivity contribution in [2.45, 2.75) is 6.92 Å². The Labute approximate surface area is 111 Å². The molecule has 19 heavy (non-hydrogen) atoms. The van der Waals surface area contributed by atoms with Crippen molar-refractivity contribution < 1.29 is 5.48 Å². The minimum atomic E-state index is 0. The first kappa shape index (κ1) is 13.0. The van der Waals surface area contributed by atoms with Gasteiger partial charge in [0, 0.05) is 5.69 Å². The number of nitrogens with zero attached hydrogens (tertiary/aromatic N) is 2. The molecule has 0 fully saturated rings. The number of benzene rings is 2. The zero-order chi connectivity index (χ0) is 12.4.